The van der Waals surface area contributed by atoms with Crippen LogP contribution in [0.25, 0.3) is 0 Å². The molecule has 1 aliphatic rings. The van der Waals surface area contributed by atoms with E-state index in [9.17, 15) is 9.59 Å². The van der Waals surface area contributed by atoms with Gasteiger partial charge in [-0.25, -0.2) is 14.8 Å². The van der Waals surface area contributed by atoms with Gasteiger partial charge in [-0.1, -0.05) is 0 Å². The van der Waals surface area contributed by atoms with E-state index in [4.69, 9.17) is 9.15 Å². The molecule has 3 rings (SSSR count). The summed E-state index contributed by atoms with van der Waals surface area (Å²) in [4.78, 5) is 34.3. The van der Waals surface area contributed by atoms with Crippen LogP contribution in [0.4, 0.5) is 0 Å². The second kappa shape index (κ2) is 7.12. The van der Waals surface area contributed by atoms with E-state index >= 15 is 0 Å². The molecule has 0 bridgehead atoms. The van der Waals surface area contributed by atoms with Crippen molar-refractivity contribution in [2.75, 3.05) is 19.7 Å². The Hall–Kier alpha value is -2.22. The first-order valence-corrected chi connectivity index (χ1v) is 8.80. The number of aryl methyl sites for hydroxylation is 1. The summed E-state index contributed by atoms with van der Waals surface area (Å²) in [6.07, 6.45) is 2.93. The number of likely N-dealkylation sites (tertiary alicyclic amines) is 1. The molecule has 0 atom stereocenters. The van der Waals surface area contributed by atoms with Crippen molar-refractivity contribution >= 4 is 23.2 Å². The van der Waals surface area contributed by atoms with Crippen LogP contribution in [0.3, 0.4) is 0 Å². The molecule has 7 nitrogen and oxygen atoms in total. The molecule has 1 saturated heterocycles. The summed E-state index contributed by atoms with van der Waals surface area (Å²) in [6, 6.07) is 0. The van der Waals surface area contributed by atoms with E-state index in [0.29, 0.717) is 36.8 Å². The Morgan fingerprint density at radius 1 is 1.42 bits per heavy atom. The van der Waals surface area contributed by atoms with E-state index in [1.54, 1.807) is 24.1 Å². The minimum absolute atomic E-state index is 0.0916. The number of aromatic nitrogens is 2. The first-order valence-electron chi connectivity index (χ1n) is 7.92. The van der Waals surface area contributed by atoms with Crippen molar-refractivity contribution in [1.29, 1.82) is 0 Å². The van der Waals surface area contributed by atoms with Gasteiger partial charge in [0.05, 0.1) is 11.6 Å². The summed E-state index contributed by atoms with van der Waals surface area (Å²) in [5.41, 5.74) is 0.751. The second-order valence-corrected chi connectivity index (χ2v) is 6.50. The lowest BCUT2D eigenvalue weighted by Crippen LogP contribution is -2.38. The van der Waals surface area contributed by atoms with Gasteiger partial charge in [-0.3, -0.25) is 4.79 Å². The number of hydrogen-bond donors (Lipinski definition) is 0. The van der Waals surface area contributed by atoms with Gasteiger partial charge in [-0.05, 0) is 26.7 Å². The quantitative estimate of drug-likeness (QED) is 0.789. The van der Waals surface area contributed by atoms with Crippen molar-refractivity contribution in [2.45, 2.75) is 32.6 Å². The lowest BCUT2D eigenvalue weighted by Gasteiger charge is -2.30. The maximum Gasteiger partial charge on any atom is 0.357 e. The molecule has 0 radical (unpaired) electrons. The van der Waals surface area contributed by atoms with Crippen LogP contribution >= 0.6 is 11.3 Å². The maximum absolute atomic E-state index is 12.4. The predicted molar refractivity (Wildman–Crippen MR) is 87.2 cm³/mol. The predicted octanol–water partition coefficient (Wildman–Crippen LogP) is 2.64. The third-order valence-electron chi connectivity index (χ3n) is 4.09. The van der Waals surface area contributed by atoms with Gasteiger partial charge in [0.25, 0.3) is 5.91 Å². The number of oxazole rings is 1. The first kappa shape index (κ1) is 16.6. The Kier molecular flexibility index (Phi) is 4.94. The number of amides is 1. The van der Waals surface area contributed by atoms with Crippen molar-refractivity contribution in [3.05, 3.63) is 33.9 Å². The summed E-state index contributed by atoms with van der Waals surface area (Å²) in [5, 5.41) is 2.67. The van der Waals surface area contributed by atoms with E-state index in [1.807, 2.05) is 0 Å². The number of thiazole rings is 1. The Balaban J connectivity index is 1.60. The molecule has 0 N–H and O–H groups in total. The van der Waals surface area contributed by atoms with Gasteiger partial charge in [-0.2, -0.15) is 0 Å². The third-order valence-corrected chi connectivity index (χ3v) is 5.09. The van der Waals surface area contributed by atoms with Crippen molar-refractivity contribution in [3.63, 3.8) is 0 Å². The first-order chi connectivity index (χ1) is 11.6. The molecule has 1 amide bonds. The number of piperidine rings is 1. The zero-order valence-electron chi connectivity index (χ0n) is 13.7. The van der Waals surface area contributed by atoms with Crippen LogP contribution < -0.4 is 0 Å². The molecule has 0 aliphatic carbocycles. The van der Waals surface area contributed by atoms with E-state index in [-0.39, 0.29) is 17.8 Å². The molecule has 3 heterocycles. The molecular weight excluding hydrogens is 330 g/mol. The monoisotopic (exact) mass is 349 g/mol. The van der Waals surface area contributed by atoms with Crippen LogP contribution in [-0.4, -0.2) is 46.4 Å². The van der Waals surface area contributed by atoms with Gasteiger partial charge >= 0.3 is 5.97 Å². The Morgan fingerprint density at radius 3 is 2.79 bits per heavy atom. The number of nitrogens with zero attached hydrogens (tertiary/aromatic N) is 3. The zero-order chi connectivity index (χ0) is 17.1. The van der Waals surface area contributed by atoms with Crippen molar-refractivity contribution in [3.8, 4) is 0 Å². The fourth-order valence-corrected chi connectivity index (χ4v) is 3.72. The minimum atomic E-state index is -0.380. The Morgan fingerprint density at radius 2 is 2.17 bits per heavy atom. The van der Waals surface area contributed by atoms with E-state index in [1.165, 1.54) is 17.7 Å². The Bertz CT molecular complexity index is 731. The fraction of sp³-hybridized carbons (Fsp3) is 0.500. The lowest BCUT2D eigenvalue weighted by atomic mass is 9.97. The molecule has 0 saturated carbocycles. The van der Waals surface area contributed by atoms with Crippen LogP contribution in [0.1, 0.15) is 57.4 Å². The van der Waals surface area contributed by atoms with Crippen LogP contribution in [0.15, 0.2) is 16.2 Å². The average molecular weight is 349 g/mol. The highest BCUT2D eigenvalue weighted by Gasteiger charge is 2.28. The molecule has 0 aromatic carbocycles. The Labute approximate surface area is 143 Å². The van der Waals surface area contributed by atoms with Crippen molar-refractivity contribution in [1.82, 2.24) is 14.9 Å². The van der Waals surface area contributed by atoms with Gasteiger partial charge in [0.1, 0.15) is 5.76 Å². The number of ether oxygens (including phenoxy) is 1. The summed E-state index contributed by atoms with van der Waals surface area (Å²) in [7, 11) is 0. The van der Waals surface area contributed by atoms with Gasteiger partial charge in [0, 0.05) is 24.4 Å². The van der Waals surface area contributed by atoms with E-state index in [2.05, 4.69) is 9.97 Å². The maximum atomic E-state index is 12.4. The highest BCUT2D eigenvalue weighted by Crippen LogP contribution is 2.31. The molecule has 1 aliphatic heterocycles. The zero-order valence-corrected chi connectivity index (χ0v) is 14.5. The molecule has 0 spiro atoms. The smallest absolute Gasteiger partial charge is 0.357 e. The topological polar surface area (TPSA) is 85.5 Å². The van der Waals surface area contributed by atoms with Crippen molar-refractivity contribution < 1.29 is 18.7 Å². The molecule has 1 fully saturated rings. The second-order valence-electron chi connectivity index (χ2n) is 5.62. The summed E-state index contributed by atoms with van der Waals surface area (Å²) >= 11 is 1.48. The average Bonchev–Trinajstić information content (AvgIpc) is 3.24. The lowest BCUT2D eigenvalue weighted by molar-refractivity contribution is 0.0520. The minimum Gasteiger partial charge on any atom is -0.461 e. The SMILES string of the molecule is CCOC(=O)c1csc(C2CCN(C(=O)c3ncoc3C)CC2)n1. The largest absolute Gasteiger partial charge is 0.461 e. The van der Waals surface area contributed by atoms with Crippen LogP contribution in [0.5, 0.6) is 0 Å². The molecule has 8 heteroatoms. The standard InChI is InChI=1S/C16H19N3O4S/c1-3-22-16(21)12-8-24-14(18-12)11-4-6-19(7-5-11)15(20)13-10(2)23-9-17-13/h8-9,11H,3-7H2,1-2H3. The van der Waals surface area contributed by atoms with Crippen LogP contribution in [-0.2, 0) is 4.74 Å². The normalized spacial score (nSPS) is 15.5. The summed E-state index contributed by atoms with van der Waals surface area (Å²) in [6.45, 7) is 5.13. The number of esters is 1. The highest BCUT2D eigenvalue weighted by atomic mass is 32.1. The molecule has 0 unspecified atom stereocenters. The van der Waals surface area contributed by atoms with E-state index in [0.717, 1.165) is 17.8 Å². The van der Waals surface area contributed by atoms with E-state index < -0.39 is 0 Å². The van der Waals surface area contributed by atoms with Crippen molar-refractivity contribution in [2.24, 2.45) is 0 Å². The number of carbonyl (C=O) groups is 2. The molecule has 24 heavy (non-hydrogen) atoms. The van der Waals surface area contributed by atoms with Gasteiger partial charge in [-0.15, -0.1) is 11.3 Å². The van der Waals surface area contributed by atoms with Crippen LogP contribution in [0, 0.1) is 6.92 Å². The molecule has 2 aromatic heterocycles. The van der Waals surface area contributed by atoms with Gasteiger partial charge in [0.15, 0.2) is 17.8 Å². The number of rotatable bonds is 4. The molecular formula is C16H19N3O4S. The number of carbonyl (C=O) groups excluding carboxylic acids is 2. The van der Waals surface area contributed by atoms with Gasteiger partial charge < -0.3 is 14.1 Å². The highest BCUT2D eigenvalue weighted by molar-refractivity contribution is 7.09. The van der Waals surface area contributed by atoms with Crippen LogP contribution in [0.2, 0.25) is 0 Å². The number of hydrogen-bond acceptors (Lipinski definition) is 7. The molecule has 128 valence electrons. The summed E-state index contributed by atoms with van der Waals surface area (Å²) in [5.74, 6) is 0.335. The third kappa shape index (κ3) is 3.33. The fourth-order valence-electron chi connectivity index (χ4n) is 2.76. The summed E-state index contributed by atoms with van der Waals surface area (Å²) < 4.78 is 10.1. The van der Waals surface area contributed by atoms with Gasteiger partial charge in [0.2, 0.25) is 0 Å². The molecule has 2 aromatic rings.